The molecule has 1 fully saturated rings. The number of hydrogen-bond acceptors (Lipinski definition) is 5. The molecule has 0 unspecified atom stereocenters. The predicted octanol–water partition coefficient (Wildman–Crippen LogP) is 3.37. The van der Waals surface area contributed by atoms with E-state index < -0.39 is 0 Å². The third kappa shape index (κ3) is 5.81. The van der Waals surface area contributed by atoms with Crippen molar-refractivity contribution in [3.8, 4) is 11.5 Å². The highest BCUT2D eigenvalue weighted by Crippen LogP contribution is 2.30. The van der Waals surface area contributed by atoms with Crippen molar-refractivity contribution in [2.45, 2.75) is 6.04 Å². The molecule has 7 heteroatoms. The van der Waals surface area contributed by atoms with Crippen molar-refractivity contribution >= 4 is 11.8 Å². The Labute approximate surface area is 206 Å². The van der Waals surface area contributed by atoms with Crippen molar-refractivity contribution in [1.82, 2.24) is 15.1 Å². The molecule has 182 valence electrons. The number of ether oxygens (including phenoxy) is 2. The van der Waals surface area contributed by atoms with E-state index in [0.29, 0.717) is 30.2 Å². The van der Waals surface area contributed by atoms with Crippen molar-refractivity contribution < 1.29 is 19.1 Å². The van der Waals surface area contributed by atoms with Gasteiger partial charge in [0.2, 0.25) is 5.91 Å². The molecule has 1 saturated heterocycles. The first-order chi connectivity index (χ1) is 17.1. The average molecular weight is 474 g/mol. The summed E-state index contributed by atoms with van der Waals surface area (Å²) in [6, 6.07) is 26.0. The molecule has 0 spiro atoms. The lowest BCUT2D eigenvalue weighted by molar-refractivity contribution is -0.132. The van der Waals surface area contributed by atoms with Crippen LogP contribution in [-0.2, 0) is 4.79 Å². The van der Waals surface area contributed by atoms with Crippen LogP contribution in [0, 0.1) is 0 Å². The third-order valence-corrected chi connectivity index (χ3v) is 6.31. The topological polar surface area (TPSA) is 71.1 Å². The monoisotopic (exact) mass is 473 g/mol. The van der Waals surface area contributed by atoms with E-state index in [-0.39, 0.29) is 24.4 Å². The van der Waals surface area contributed by atoms with Gasteiger partial charge in [-0.15, -0.1) is 0 Å². The molecule has 1 aliphatic heterocycles. The largest absolute Gasteiger partial charge is 0.493 e. The second kappa shape index (κ2) is 11.5. The molecule has 4 rings (SSSR count). The van der Waals surface area contributed by atoms with Gasteiger partial charge in [0.25, 0.3) is 5.91 Å². The molecule has 35 heavy (non-hydrogen) atoms. The molecule has 1 aliphatic rings. The van der Waals surface area contributed by atoms with E-state index in [9.17, 15) is 9.59 Å². The van der Waals surface area contributed by atoms with E-state index in [2.05, 4.69) is 58.7 Å². The van der Waals surface area contributed by atoms with Crippen molar-refractivity contribution in [3.05, 3.63) is 95.6 Å². The van der Waals surface area contributed by atoms with Crippen LogP contribution in [0.25, 0.3) is 0 Å². The number of methoxy groups -OCH3 is 2. The van der Waals surface area contributed by atoms with Gasteiger partial charge in [-0.25, -0.2) is 0 Å². The van der Waals surface area contributed by atoms with E-state index in [1.807, 2.05) is 17.0 Å². The summed E-state index contributed by atoms with van der Waals surface area (Å²) in [5.41, 5.74) is 2.88. The van der Waals surface area contributed by atoms with Gasteiger partial charge < -0.3 is 19.7 Å². The SMILES string of the molecule is COc1ccc(C(=O)NCC(=O)N2CCN(C(c3ccccc3)c3ccccc3)CC2)cc1OC. The molecule has 0 aromatic heterocycles. The van der Waals surface area contributed by atoms with Gasteiger partial charge in [0.1, 0.15) is 0 Å². The molecule has 3 aromatic carbocycles. The summed E-state index contributed by atoms with van der Waals surface area (Å²) in [6.07, 6.45) is 0. The minimum Gasteiger partial charge on any atom is -0.493 e. The second-order valence-electron chi connectivity index (χ2n) is 8.39. The summed E-state index contributed by atoms with van der Waals surface area (Å²) in [4.78, 5) is 29.6. The lowest BCUT2D eigenvalue weighted by Gasteiger charge is -2.39. The first kappa shape index (κ1) is 24.3. The third-order valence-electron chi connectivity index (χ3n) is 6.31. The molecule has 2 amide bonds. The highest BCUT2D eigenvalue weighted by Gasteiger charge is 2.28. The molecule has 7 nitrogen and oxygen atoms in total. The number of benzene rings is 3. The zero-order valence-electron chi connectivity index (χ0n) is 20.1. The summed E-state index contributed by atoms with van der Waals surface area (Å²) < 4.78 is 10.5. The van der Waals surface area contributed by atoms with Crippen LogP contribution >= 0.6 is 0 Å². The number of piperazine rings is 1. The number of carbonyl (C=O) groups excluding carboxylic acids is 2. The van der Waals surface area contributed by atoms with Gasteiger partial charge >= 0.3 is 0 Å². The summed E-state index contributed by atoms with van der Waals surface area (Å²) in [5, 5.41) is 2.73. The van der Waals surface area contributed by atoms with E-state index in [1.54, 1.807) is 18.2 Å². The fourth-order valence-corrected chi connectivity index (χ4v) is 4.46. The van der Waals surface area contributed by atoms with Crippen molar-refractivity contribution in [1.29, 1.82) is 0 Å². The van der Waals surface area contributed by atoms with Crippen LogP contribution in [0.15, 0.2) is 78.9 Å². The fraction of sp³-hybridized carbons (Fsp3) is 0.286. The van der Waals surface area contributed by atoms with Crippen LogP contribution in [-0.4, -0.2) is 68.6 Å². The van der Waals surface area contributed by atoms with Crippen LogP contribution in [0.2, 0.25) is 0 Å². The van der Waals surface area contributed by atoms with Gasteiger partial charge in [0.05, 0.1) is 26.8 Å². The molecule has 0 saturated carbocycles. The van der Waals surface area contributed by atoms with E-state index >= 15 is 0 Å². The van der Waals surface area contributed by atoms with E-state index in [4.69, 9.17) is 9.47 Å². The molecular weight excluding hydrogens is 442 g/mol. The molecule has 1 N–H and O–H groups in total. The number of nitrogens with one attached hydrogen (secondary N) is 1. The Hall–Kier alpha value is -3.84. The highest BCUT2D eigenvalue weighted by atomic mass is 16.5. The zero-order chi connectivity index (χ0) is 24.6. The molecular formula is C28H31N3O4. The molecule has 3 aromatic rings. The second-order valence-corrected chi connectivity index (χ2v) is 8.39. The van der Waals surface area contributed by atoms with Gasteiger partial charge in [-0.1, -0.05) is 60.7 Å². The maximum Gasteiger partial charge on any atom is 0.251 e. The Morgan fingerprint density at radius 1 is 0.800 bits per heavy atom. The van der Waals surface area contributed by atoms with Gasteiger partial charge in [0.15, 0.2) is 11.5 Å². The smallest absolute Gasteiger partial charge is 0.251 e. The Morgan fingerprint density at radius 2 is 1.37 bits per heavy atom. The summed E-state index contributed by atoms with van der Waals surface area (Å²) in [6.45, 7) is 2.68. The number of nitrogens with zero attached hydrogens (tertiary/aromatic N) is 2. The molecule has 1 heterocycles. The minimum atomic E-state index is -0.328. The lowest BCUT2D eigenvalue weighted by atomic mass is 9.96. The van der Waals surface area contributed by atoms with E-state index in [0.717, 1.165) is 13.1 Å². The van der Waals surface area contributed by atoms with Crippen LogP contribution in [0.4, 0.5) is 0 Å². The Bertz CT molecular complexity index is 1090. The molecule has 0 bridgehead atoms. The molecule has 0 aliphatic carbocycles. The maximum atomic E-state index is 12.8. The van der Waals surface area contributed by atoms with Crippen LogP contribution in [0.5, 0.6) is 11.5 Å². The van der Waals surface area contributed by atoms with Crippen molar-refractivity contribution in [3.63, 3.8) is 0 Å². The Kier molecular flexibility index (Phi) is 8.00. The Morgan fingerprint density at radius 3 is 1.91 bits per heavy atom. The van der Waals surface area contributed by atoms with Gasteiger partial charge in [-0.3, -0.25) is 14.5 Å². The summed E-state index contributed by atoms with van der Waals surface area (Å²) >= 11 is 0. The number of amides is 2. The average Bonchev–Trinajstić information content (AvgIpc) is 2.93. The van der Waals surface area contributed by atoms with Crippen molar-refractivity contribution in [2.75, 3.05) is 46.9 Å². The molecule has 0 atom stereocenters. The maximum absolute atomic E-state index is 12.8. The normalized spacial score (nSPS) is 14.0. The summed E-state index contributed by atoms with van der Waals surface area (Å²) in [5.74, 6) is 0.594. The number of rotatable bonds is 8. The molecule has 0 radical (unpaired) electrons. The standard InChI is InChI=1S/C28H31N3O4/c1-34-24-14-13-23(19-25(24)35-2)28(33)29-20-26(32)30-15-17-31(18-16-30)27(21-9-5-3-6-10-21)22-11-7-4-8-12-22/h3-14,19,27H,15-18,20H2,1-2H3,(H,29,33). The quantitative estimate of drug-likeness (QED) is 0.543. The number of hydrogen-bond donors (Lipinski definition) is 1. The first-order valence-electron chi connectivity index (χ1n) is 11.7. The lowest BCUT2D eigenvalue weighted by Crippen LogP contribution is -2.52. The fourth-order valence-electron chi connectivity index (χ4n) is 4.46. The zero-order valence-corrected chi connectivity index (χ0v) is 20.1. The van der Waals surface area contributed by atoms with Gasteiger partial charge in [0, 0.05) is 31.7 Å². The van der Waals surface area contributed by atoms with Crippen LogP contribution in [0.3, 0.4) is 0 Å². The highest BCUT2D eigenvalue weighted by molar-refractivity contribution is 5.97. The Balaban J connectivity index is 1.35. The van der Waals surface area contributed by atoms with Crippen molar-refractivity contribution in [2.24, 2.45) is 0 Å². The predicted molar refractivity (Wildman–Crippen MR) is 135 cm³/mol. The minimum absolute atomic E-state index is 0.0476. The summed E-state index contributed by atoms with van der Waals surface area (Å²) in [7, 11) is 3.06. The van der Waals surface area contributed by atoms with Crippen LogP contribution in [0.1, 0.15) is 27.5 Å². The first-order valence-corrected chi connectivity index (χ1v) is 11.7. The van der Waals surface area contributed by atoms with Crippen LogP contribution < -0.4 is 14.8 Å². The van der Waals surface area contributed by atoms with Gasteiger partial charge in [-0.05, 0) is 29.3 Å². The van der Waals surface area contributed by atoms with Gasteiger partial charge in [-0.2, -0.15) is 0 Å². The number of carbonyl (C=O) groups is 2. The van der Waals surface area contributed by atoms with E-state index in [1.165, 1.54) is 25.3 Å².